The van der Waals surface area contributed by atoms with Crippen LogP contribution in [0.4, 0.5) is 0 Å². The van der Waals surface area contributed by atoms with Gasteiger partial charge in [-0.15, -0.1) is 0 Å². The molecule has 0 aromatic heterocycles. The number of nitrogens with two attached hydrogens (primary N) is 1. The van der Waals surface area contributed by atoms with Gasteiger partial charge in [0.1, 0.15) is 0 Å². The molecule has 2 heteroatoms. The molecule has 2 N–H and O–H groups in total. The van der Waals surface area contributed by atoms with Gasteiger partial charge in [0.15, 0.2) is 0 Å². The van der Waals surface area contributed by atoms with E-state index >= 15 is 0 Å². The summed E-state index contributed by atoms with van der Waals surface area (Å²) in [4.78, 5) is 2.10. The summed E-state index contributed by atoms with van der Waals surface area (Å²) in [6, 6.07) is 0. The summed E-state index contributed by atoms with van der Waals surface area (Å²) in [5.74, 6) is 6.06. The van der Waals surface area contributed by atoms with Crippen molar-refractivity contribution in [1.82, 2.24) is 4.90 Å². The predicted molar refractivity (Wildman–Crippen MR) is 51.3 cm³/mol. The number of allylic oxidation sites excluding steroid dienone is 2. The summed E-state index contributed by atoms with van der Waals surface area (Å²) in [6.07, 6.45) is 6.97. The van der Waals surface area contributed by atoms with E-state index in [0.29, 0.717) is 6.54 Å². The molecule has 0 spiro atoms. The highest BCUT2D eigenvalue weighted by Crippen LogP contribution is 2.03. The Labute approximate surface area is 73.7 Å². The summed E-state index contributed by atoms with van der Waals surface area (Å²) in [5.41, 5.74) is 6.39. The Morgan fingerprint density at radius 3 is 3.17 bits per heavy atom. The summed E-state index contributed by atoms with van der Waals surface area (Å²) in [6.45, 7) is 1.61. The molecule has 0 saturated carbocycles. The lowest BCUT2D eigenvalue weighted by Crippen LogP contribution is -2.13. The van der Waals surface area contributed by atoms with Gasteiger partial charge in [-0.2, -0.15) is 0 Å². The van der Waals surface area contributed by atoms with Crippen LogP contribution in [-0.4, -0.2) is 25.0 Å². The molecular formula is C10H14N2. The van der Waals surface area contributed by atoms with Crippen molar-refractivity contribution in [3.63, 3.8) is 0 Å². The summed E-state index contributed by atoms with van der Waals surface area (Å²) in [7, 11) is 2.04. The fourth-order valence-electron chi connectivity index (χ4n) is 0.990. The van der Waals surface area contributed by atoms with Crippen molar-refractivity contribution in [2.24, 2.45) is 5.73 Å². The highest BCUT2D eigenvalue weighted by Gasteiger charge is 1.96. The van der Waals surface area contributed by atoms with Gasteiger partial charge in [-0.1, -0.05) is 17.9 Å². The highest BCUT2D eigenvalue weighted by atomic mass is 15.1. The molecule has 2 nitrogen and oxygen atoms in total. The molecule has 0 bridgehead atoms. The minimum atomic E-state index is 0.639. The lowest BCUT2D eigenvalue weighted by molar-refractivity contribution is 0.502. The Morgan fingerprint density at radius 1 is 1.67 bits per heavy atom. The van der Waals surface area contributed by atoms with Crippen LogP contribution in [0, 0.1) is 11.8 Å². The first-order chi connectivity index (χ1) is 5.83. The van der Waals surface area contributed by atoms with Gasteiger partial charge in [0.25, 0.3) is 0 Å². The first-order valence-electron chi connectivity index (χ1n) is 4.10. The third-order valence-corrected chi connectivity index (χ3v) is 1.55. The normalized spacial score (nSPS) is 15.2. The fourth-order valence-corrected chi connectivity index (χ4v) is 0.990. The maximum atomic E-state index is 5.32. The lowest BCUT2D eigenvalue weighted by atomic mass is 10.2. The molecule has 1 rings (SSSR count). The first kappa shape index (κ1) is 8.89. The van der Waals surface area contributed by atoms with Crippen LogP contribution in [-0.2, 0) is 0 Å². The molecule has 12 heavy (non-hydrogen) atoms. The van der Waals surface area contributed by atoms with Crippen LogP contribution in [0.25, 0.3) is 0 Å². The summed E-state index contributed by atoms with van der Waals surface area (Å²) in [5, 5.41) is 0. The minimum absolute atomic E-state index is 0.639. The zero-order valence-corrected chi connectivity index (χ0v) is 7.38. The maximum Gasteiger partial charge on any atom is 0.0401 e. The zero-order valence-electron chi connectivity index (χ0n) is 7.38. The van der Waals surface area contributed by atoms with Gasteiger partial charge < -0.3 is 10.6 Å². The Balaban J connectivity index is 2.53. The molecule has 0 atom stereocenters. The van der Waals surface area contributed by atoms with Crippen molar-refractivity contribution >= 4 is 0 Å². The van der Waals surface area contributed by atoms with E-state index < -0.39 is 0 Å². The smallest absolute Gasteiger partial charge is 0.0401 e. The van der Waals surface area contributed by atoms with Crippen LogP contribution in [0.2, 0.25) is 0 Å². The Hall–Kier alpha value is -1.20. The van der Waals surface area contributed by atoms with E-state index in [2.05, 4.69) is 22.8 Å². The molecule has 0 unspecified atom stereocenters. The van der Waals surface area contributed by atoms with E-state index in [1.807, 2.05) is 19.3 Å². The predicted octanol–water partition coefficient (Wildman–Crippen LogP) is 0.724. The molecule has 0 saturated heterocycles. The van der Waals surface area contributed by atoms with Gasteiger partial charge in [-0.3, -0.25) is 0 Å². The average Bonchev–Trinajstić information content (AvgIpc) is 2.05. The van der Waals surface area contributed by atoms with E-state index in [0.717, 1.165) is 18.5 Å². The van der Waals surface area contributed by atoms with Crippen LogP contribution in [0.5, 0.6) is 0 Å². The van der Waals surface area contributed by atoms with Crippen LogP contribution >= 0.6 is 0 Å². The van der Waals surface area contributed by atoms with Gasteiger partial charge >= 0.3 is 0 Å². The third-order valence-electron chi connectivity index (χ3n) is 1.55. The first-order valence-corrected chi connectivity index (χ1v) is 4.10. The van der Waals surface area contributed by atoms with E-state index in [4.69, 9.17) is 5.73 Å². The number of rotatable bonds is 1. The molecular weight excluding hydrogens is 148 g/mol. The van der Waals surface area contributed by atoms with Crippen molar-refractivity contribution in [3.05, 3.63) is 23.9 Å². The molecule has 0 aromatic rings. The number of hydrogen-bond donors (Lipinski definition) is 1. The SMILES string of the molecule is CN1C=C(C#CCCN)C=CC1. The van der Waals surface area contributed by atoms with Gasteiger partial charge in [-0.25, -0.2) is 0 Å². The highest BCUT2D eigenvalue weighted by molar-refractivity contribution is 5.39. The zero-order chi connectivity index (χ0) is 8.81. The monoisotopic (exact) mass is 162 g/mol. The van der Waals surface area contributed by atoms with Crippen molar-refractivity contribution in [3.8, 4) is 11.8 Å². The van der Waals surface area contributed by atoms with Gasteiger partial charge in [0, 0.05) is 38.3 Å². The molecule has 0 aromatic carbocycles. The quantitative estimate of drug-likeness (QED) is 0.576. The van der Waals surface area contributed by atoms with Crippen LogP contribution in [0.15, 0.2) is 23.9 Å². The largest absolute Gasteiger partial charge is 0.376 e. The topological polar surface area (TPSA) is 29.3 Å². The van der Waals surface area contributed by atoms with E-state index in [9.17, 15) is 0 Å². The molecule has 1 aliphatic rings. The molecule has 0 amide bonds. The maximum absolute atomic E-state index is 5.32. The molecule has 1 heterocycles. The second-order valence-electron chi connectivity index (χ2n) is 2.77. The standard InChI is InChI=1S/C10H14N2/c1-12-8-4-6-10(9-12)5-2-3-7-11/h4,6,9H,3,7-8,11H2,1H3. The minimum Gasteiger partial charge on any atom is -0.376 e. The van der Waals surface area contributed by atoms with Gasteiger partial charge in [-0.05, 0) is 6.08 Å². The Morgan fingerprint density at radius 2 is 2.50 bits per heavy atom. The molecule has 0 fully saturated rings. The summed E-state index contributed by atoms with van der Waals surface area (Å²) < 4.78 is 0. The van der Waals surface area contributed by atoms with Gasteiger partial charge in [0.05, 0.1) is 0 Å². The lowest BCUT2D eigenvalue weighted by Gasteiger charge is -2.14. The molecule has 1 aliphatic heterocycles. The fraction of sp³-hybridized carbons (Fsp3) is 0.400. The van der Waals surface area contributed by atoms with Crippen molar-refractivity contribution in [2.75, 3.05) is 20.1 Å². The molecule has 0 radical (unpaired) electrons. The third kappa shape index (κ3) is 2.81. The Bertz CT molecular complexity index is 253. The second-order valence-corrected chi connectivity index (χ2v) is 2.77. The number of nitrogens with zero attached hydrogens (tertiary/aromatic N) is 1. The van der Waals surface area contributed by atoms with Crippen molar-refractivity contribution < 1.29 is 0 Å². The second kappa shape index (κ2) is 4.63. The van der Waals surface area contributed by atoms with Gasteiger partial charge in [0.2, 0.25) is 0 Å². The molecule has 64 valence electrons. The van der Waals surface area contributed by atoms with Crippen LogP contribution in [0.3, 0.4) is 0 Å². The number of hydrogen-bond acceptors (Lipinski definition) is 2. The van der Waals surface area contributed by atoms with Crippen molar-refractivity contribution in [1.29, 1.82) is 0 Å². The van der Waals surface area contributed by atoms with E-state index in [1.165, 1.54) is 0 Å². The van der Waals surface area contributed by atoms with Crippen LogP contribution < -0.4 is 5.73 Å². The summed E-state index contributed by atoms with van der Waals surface area (Å²) >= 11 is 0. The van der Waals surface area contributed by atoms with E-state index in [-0.39, 0.29) is 0 Å². The average molecular weight is 162 g/mol. The van der Waals surface area contributed by atoms with Crippen LogP contribution in [0.1, 0.15) is 6.42 Å². The van der Waals surface area contributed by atoms with E-state index in [1.54, 1.807) is 0 Å². The number of likely N-dealkylation sites (N-methyl/N-ethyl adjacent to an activating group) is 1. The Kier molecular flexibility index (Phi) is 3.43. The van der Waals surface area contributed by atoms with Crippen molar-refractivity contribution in [2.45, 2.75) is 6.42 Å². The molecule has 0 aliphatic carbocycles.